The van der Waals surface area contributed by atoms with Gasteiger partial charge in [0.1, 0.15) is 5.60 Å². The largest absolute Gasteiger partial charge is 0.494 e. The molecule has 0 radical (unpaired) electrons. The normalized spacial score (nSPS) is 18.7. The predicted molar refractivity (Wildman–Crippen MR) is 94.9 cm³/mol. The second kappa shape index (κ2) is 6.27. The predicted octanol–water partition coefficient (Wildman–Crippen LogP) is 2.68. The molecule has 1 saturated heterocycles. The molecule has 0 bridgehead atoms. The van der Waals surface area contributed by atoms with E-state index in [0.717, 1.165) is 11.0 Å². The molecule has 1 aliphatic heterocycles. The van der Waals surface area contributed by atoms with Crippen molar-refractivity contribution in [1.82, 2.24) is 0 Å². The van der Waals surface area contributed by atoms with Crippen LogP contribution in [0.3, 0.4) is 0 Å². The van der Waals surface area contributed by atoms with Crippen molar-refractivity contribution in [2.75, 3.05) is 0 Å². The summed E-state index contributed by atoms with van der Waals surface area (Å²) in [5.74, 6) is 4.78. The van der Waals surface area contributed by atoms with Crippen molar-refractivity contribution in [3.05, 3.63) is 29.8 Å². The minimum absolute atomic E-state index is 0.368. The Hall–Kier alpha value is -1.77. The Kier molecular flexibility index (Phi) is 4.85. The van der Waals surface area contributed by atoms with Gasteiger partial charge in [0.25, 0.3) is 0 Å². The second-order valence-electron chi connectivity index (χ2n) is 7.96. The van der Waals surface area contributed by atoms with Crippen LogP contribution in [0.15, 0.2) is 24.3 Å². The number of benzene rings is 1. The first-order valence-electron chi connectivity index (χ1n) is 8.10. The van der Waals surface area contributed by atoms with E-state index in [4.69, 9.17) is 14.0 Å². The molecule has 1 aliphatic rings. The molecule has 0 unspecified atom stereocenters. The van der Waals surface area contributed by atoms with E-state index >= 15 is 0 Å². The first-order valence-corrected chi connectivity index (χ1v) is 8.10. The van der Waals surface area contributed by atoms with Crippen molar-refractivity contribution in [3.8, 4) is 11.8 Å². The van der Waals surface area contributed by atoms with E-state index in [1.54, 1.807) is 0 Å². The lowest BCUT2D eigenvalue weighted by Gasteiger charge is -2.32. The molecule has 1 fully saturated rings. The Morgan fingerprint density at radius 1 is 1.04 bits per heavy atom. The van der Waals surface area contributed by atoms with Crippen molar-refractivity contribution in [2.24, 2.45) is 0 Å². The molecule has 24 heavy (non-hydrogen) atoms. The van der Waals surface area contributed by atoms with E-state index in [9.17, 15) is 4.79 Å². The summed E-state index contributed by atoms with van der Waals surface area (Å²) in [6.45, 7) is 13.5. The zero-order valence-electron chi connectivity index (χ0n) is 15.5. The van der Waals surface area contributed by atoms with Crippen LogP contribution in [0.2, 0.25) is 0 Å². The highest BCUT2D eigenvalue weighted by molar-refractivity contribution is 6.62. The number of carbonyl (C=O) groups is 1. The lowest BCUT2D eigenvalue weighted by molar-refractivity contribution is -0.147. The molecule has 128 valence electrons. The van der Waals surface area contributed by atoms with E-state index in [2.05, 4.69) is 11.8 Å². The average Bonchev–Trinajstić information content (AvgIpc) is 2.64. The molecule has 4 nitrogen and oxygen atoms in total. The van der Waals surface area contributed by atoms with Gasteiger partial charge in [-0.05, 0) is 66.1 Å². The molecule has 1 aromatic carbocycles. The Balaban J connectivity index is 2.06. The van der Waals surface area contributed by atoms with Gasteiger partial charge in [-0.25, -0.2) is 4.79 Å². The molecule has 5 heteroatoms. The summed E-state index contributed by atoms with van der Waals surface area (Å²) in [5, 5.41) is 0. The van der Waals surface area contributed by atoms with Crippen LogP contribution in [-0.2, 0) is 18.8 Å². The fourth-order valence-electron chi connectivity index (χ4n) is 2.13. The van der Waals surface area contributed by atoms with Crippen LogP contribution in [-0.4, -0.2) is 29.9 Å². The standard InChI is InChI=1S/C19H25BO4/c1-17(2,3)22-16(21)13-10-14-8-11-15(12-9-14)20-23-18(4,5)19(6,7)24-20/h8-9,11-12H,1-7H3. The fourth-order valence-corrected chi connectivity index (χ4v) is 2.13. The van der Waals surface area contributed by atoms with Crippen LogP contribution in [0.4, 0.5) is 0 Å². The summed E-state index contributed by atoms with van der Waals surface area (Å²) in [6, 6.07) is 7.50. The molecule has 0 N–H and O–H groups in total. The third-order valence-electron chi connectivity index (χ3n) is 4.14. The first-order chi connectivity index (χ1) is 10.9. The van der Waals surface area contributed by atoms with Crippen molar-refractivity contribution in [2.45, 2.75) is 65.3 Å². The topological polar surface area (TPSA) is 44.8 Å². The van der Waals surface area contributed by atoms with Gasteiger partial charge in [-0.2, -0.15) is 0 Å². The quantitative estimate of drug-likeness (QED) is 0.452. The van der Waals surface area contributed by atoms with E-state index in [1.165, 1.54) is 0 Å². The molecular weight excluding hydrogens is 303 g/mol. The number of carbonyl (C=O) groups excluding carboxylic acids is 1. The van der Waals surface area contributed by atoms with Gasteiger partial charge >= 0.3 is 13.1 Å². The number of rotatable bonds is 1. The van der Waals surface area contributed by atoms with Crippen LogP contribution in [0.1, 0.15) is 54.0 Å². The average molecular weight is 328 g/mol. The SMILES string of the molecule is CC(C)(C)OC(=O)C#Cc1ccc(B2OC(C)(C)C(C)(C)O2)cc1. The van der Waals surface area contributed by atoms with Crippen LogP contribution in [0.25, 0.3) is 0 Å². The molecule has 0 atom stereocenters. The highest BCUT2D eigenvalue weighted by Gasteiger charge is 2.51. The number of ether oxygens (including phenoxy) is 1. The lowest BCUT2D eigenvalue weighted by Crippen LogP contribution is -2.41. The Morgan fingerprint density at radius 2 is 1.54 bits per heavy atom. The van der Waals surface area contributed by atoms with Crippen LogP contribution in [0.5, 0.6) is 0 Å². The minimum atomic E-state index is -0.535. The zero-order valence-corrected chi connectivity index (χ0v) is 15.5. The van der Waals surface area contributed by atoms with Gasteiger partial charge in [-0.3, -0.25) is 0 Å². The lowest BCUT2D eigenvalue weighted by atomic mass is 9.79. The highest BCUT2D eigenvalue weighted by atomic mass is 16.7. The molecule has 2 rings (SSSR count). The molecular formula is C19H25BO4. The van der Waals surface area contributed by atoms with Crippen LogP contribution < -0.4 is 5.46 Å². The minimum Gasteiger partial charge on any atom is -0.450 e. The van der Waals surface area contributed by atoms with E-state index in [0.29, 0.717) is 0 Å². The molecule has 0 amide bonds. The summed E-state index contributed by atoms with van der Waals surface area (Å²) in [7, 11) is -0.400. The summed E-state index contributed by atoms with van der Waals surface area (Å²) in [4.78, 5) is 11.6. The van der Waals surface area contributed by atoms with Gasteiger partial charge in [0.15, 0.2) is 0 Å². The zero-order chi connectivity index (χ0) is 18.2. The van der Waals surface area contributed by atoms with Crippen molar-refractivity contribution in [3.63, 3.8) is 0 Å². The van der Waals surface area contributed by atoms with Crippen molar-refractivity contribution in [1.29, 1.82) is 0 Å². The molecule has 0 saturated carbocycles. The summed E-state index contributed by atoms with van der Waals surface area (Å²) in [6.07, 6.45) is 0. The Labute approximate surface area is 145 Å². The summed E-state index contributed by atoms with van der Waals surface area (Å²) < 4.78 is 17.2. The molecule has 0 aromatic heterocycles. The van der Waals surface area contributed by atoms with Gasteiger partial charge in [0, 0.05) is 11.5 Å². The monoisotopic (exact) mass is 328 g/mol. The van der Waals surface area contributed by atoms with Gasteiger partial charge in [-0.15, -0.1) is 0 Å². The summed E-state index contributed by atoms with van der Waals surface area (Å²) >= 11 is 0. The molecule has 0 aliphatic carbocycles. The molecule has 0 spiro atoms. The number of hydrogen-bond acceptors (Lipinski definition) is 4. The highest BCUT2D eigenvalue weighted by Crippen LogP contribution is 2.36. The Morgan fingerprint density at radius 3 is 2.00 bits per heavy atom. The van der Waals surface area contributed by atoms with Gasteiger partial charge in [0.2, 0.25) is 0 Å². The van der Waals surface area contributed by atoms with E-state index < -0.39 is 18.7 Å². The smallest absolute Gasteiger partial charge is 0.450 e. The molecule has 1 aromatic rings. The van der Waals surface area contributed by atoms with Gasteiger partial charge in [0.05, 0.1) is 11.2 Å². The van der Waals surface area contributed by atoms with Gasteiger partial charge < -0.3 is 14.0 Å². The van der Waals surface area contributed by atoms with E-state index in [1.807, 2.05) is 72.7 Å². The second-order valence-corrected chi connectivity index (χ2v) is 7.96. The maximum Gasteiger partial charge on any atom is 0.494 e. The number of esters is 1. The van der Waals surface area contributed by atoms with Crippen LogP contribution in [0, 0.1) is 11.8 Å². The van der Waals surface area contributed by atoms with Crippen LogP contribution >= 0.6 is 0 Å². The summed E-state index contributed by atoms with van der Waals surface area (Å²) in [5.41, 5.74) is 0.393. The number of hydrogen-bond donors (Lipinski definition) is 0. The Bertz CT molecular complexity index is 656. The first kappa shape index (κ1) is 18.6. The maximum atomic E-state index is 11.6. The van der Waals surface area contributed by atoms with Crippen molar-refractivity contribution < 1.29 is 18.8 Å². The third-order valence-corrected chi connectivity index (χ3v) is 4.14. The fraction of sp³-hybridized carbons (Fsp3) is 0.526. The third kappa shape index (κ3) is 4.40. The van der Waals surface area contributed by atoms with Gasteiger partial charge in [-0.1, -0.05) is 18.1 Å². The maximum absolute atomic E-state index is 11.6. The van der Waals surface area contributed by atoms with E-state index in [-0.39, 0.29) is 11.2 Å². The van der Waals surface area contributed by atoms with Crippen molar-refractivity contribution >= 4 is 18.6 Å². The molecule has 1 heterocycles.